The average molecular weight is 422 g/mol. The van der Waals surface area contributed by atoms with E-state index in [4.69, 9.17) is 4.98 Å². The Kier molecular flexibility index (Phi) is 5.61. The molecule has 31 heavy (non-hydrogen) atoms. The van der Waals surface area contributed by atoms with Crippen LogP contribution in [0.25, 0.3) is 0 Å². The van der Waals surface area contributed by atoms with Gasteiger partial charge in [0.25, 0.3) is 11.5 Å². The van der Waals surface area contributed by atoms with Crippen molar-refractivity contribution in [2.45, 2.75) is 70.5 Å². The Hall–Kier alpha value is -2.54. The van der Waals surface area contributed by atoms with Crippen molar-refractivity contribution < 1.29 is 4.79 Å². The summed E-state index contributed by atoms with van der Waals surface area (Å²) in [4.78, 5) is 42.4. The van der Waals surface area contributed by atoms with Gasteiger partial charge in [0.2, 0.25) is 0 Å². The molecule has 1 saturated carbocycles. The molecule has 5 rings (SSSR count). The first kappa shape index (κ1) is 20.4. The highest BCUT2D eigenvalue weighted by molar-refractivity contribution is 5.92. The lowest BCUT2D eigenvalue weighted by Crippen LogP contribution is -2.44. The third-order valence-electron chi connectivity index (χ3n) is 7.33. The maximum absolute atomic E-state index is 13.0. The van der Waals surface area contributed by atoms with Crippen molar-refractivity contribution >= 4 is 5.91 Å². The molecule has 2 fully saturated rings. The van der Waals surface area contributed by atoms with Crippen LogP contribution in [0.2, 0.25) is 0 Å². The van der Waals surface area contributed by atoms with E-state index in [1.807, 2.05) is 11.0 Å². The van der Waals surface area contributed by atoms with Gasteiger partial charge >= 0.3 is 0 Å². The van der Waals surface area contributed by atoms with Crippen molar-refractivity contribution in [1.29, 1.82) is 0 Å². The minimum Gasteiger partial charge on any atom is -0.327 e. The first-order valence-corrected chi connectivity index (χ1v) is 11.7. The van der Waals surface area contributed by atoms with E-state index in [1.54, 1.807) is 18.3 Å². The van der Waals surface area contributed by atoms with Gasteiger partial charge in [-0.15, -0.1) is 0 Å². The SMILES string of the molecule is CC1CCC(N2CCc3nc(C4CCCN4C(=O)c4ccccn4)[nH]c(=O)c3C2)CC1. The van der Waals surface area contributed by atoms with E-state index < -0.39 is 0 Å². The molecular formula is C24H31N5O2. The van der Waals surface area contributed by atoms with Crippen molar-refractivity contribution in [1.82, 2.24) is 24.8 Å². The summed E-state index contributed by atoms with van der Waals surface area (Å²) in [6.07, 6.45) is 9.17. The number of likely N-dealkylation sites (tertiary alicyclic amines) is 1. The smallest absolute Gasteiger partial charge is 0.273 e. The van der Waals surface area contributed by atoms with Gasteiger partial charge in [-0.3, -0.25) is 19.5 Å². The molecule has 0 bridgehead atoms. The van der Waals surface area contributed by atoms with Crippen LogP contribution in [0.5, 0.6) is 0 Å². The molecule has 0 aromatic carbocycles. The van der Waals surface area contributed by atoms with Gasteiger partial charge in [0.05, 0.1) is 17.3 Å². The third-order valence-corrected chi connectivity index (χ3v) is 7.33. The average Bonchev–Trinajstić information content (AvgIpc) is 3.29. The van der Waals surface area contributed by atoms with Crippen LogP contribution in [0, 0.1) is 5.92 Å². The first-order chi connectivity index (χ1) is 15.1. The summed E-state index contributed by atoms with van der Waals surface area (Å²) in [6.45, 7) is 4.65. The fourth-order valence-electron chi connectivity index (χ4n) is 5.47. The van der Waals surface area contributed by atoms with Crippen LogP contribution in [0.4, 0.5) is 0 Å². The zero-order valence-electron chi connectivity index (χ0n) is 18.2. The van der Waals surface area contributed by atoms with Crippen molar-refractivity contribution in [3.63, 3.8) is 0 Å². The Morgan fingerprint density at radius 2 is 1.97 bits per heavy atom. The number of rotatable bonds is 3. The molecule has 4 heterocycles. The normalized spacial score (nSPS) is 26.6. The number of aromatic amines is 1. The lowest BCUT2D eigenvalue weighted by molar-refractivity contribution is 0.0723. The molecule has 2 aliphatic heterocycles. The summed E-state index contributed by atoms with van der Waals surface area (Å²) in [7, 11) is 0. The summed E-state index contributed by atoms with van der Waals surface area (Å²) >= 11 is 0. The van der Waals surface area contributed by atoms with Crippen LogP contribution >= 0.6 is 0 Å². The third kappa shape index (κ3) is 4.03. The molecule has 1 unspecified atom stereocenters. The van der Waals surface area contributed by atoms with Gasteiger partial charge in [-0.2, -0.15) is 0 Å². The van der Waals surface area contributed by atoms with Gasteiger partial charge in [-0.05, 0) is 56.6 Å². The van der Waals surface area contributed by atoms with E-state index in [-0.39, 0.29) is 17.5 Å². The van der Waals surface area contributed by atoms with E-state index >= 15 is 0 Å². The van der Waals surface area contributed by atoms with E-state index in [1.165, 1.54) is 25.7 Å². The van der Waals surface area contributed by atoms with Crippen LogP contribution in [0.3, 0.4) is 0 Å². The molecular weight excluding hydrogens is 390 g/mol. The van der Waals surface area contributed by atoms with E-state index in [2.05, 4.69) is 21.8 Å². The zero-order chi connectivity index (χ0) is 21.4. The monoisotopic (exact) mass is 421 g/mol. The largest absolute Gasteiger partial charge is 0.327 e. The number of nitrogens with zero attached hydrogens (tertiary/aromatic N) is 4. The first-order valence-electron chi connectivity index (χ1n) is 11.7. The molecule has 1 amide bonds. The number of carbonyl (C=O) groups is 1. The second-order valence-corrected chi connectivity index (χ2v) is 9.38. The number of fused-ring (bicyclic) bond motifs is 1. The van der Waals surface area contributed by atoms with Gasteiger partial charge in [-0.25, -0.2) is 4.98 Å². The molecule has 0 radical (unpaired) electrons. The number of H-pyrrole nitrogens is 1. The maximum Gasteiger partial charge on any atom is 0.273 e. The number of nitrogens with one attached hydrogen (secondary N) is 1. The fourth-order valence-corrected chi connectivity index (χ4v) is 5.47. The summed E-state index contributed by atoms with van der Waals surface area (Å²) < 4.78 is 0. The summed E-state index contributed by atoms with van der Waals surface area (Å²) in [5, 5.41) is 0. The predicted octanol–water partition coefficient (Wildman–Crippen LogP) is 3.08. The molecule has 1 atom stereocenters. The molecule has 7 nitrogen and oxygen atoms in total. The van der Waals surface area contributed by atoms with Crippen molar-refractivity contribution in [2.75, 3.05) is 13.1 Å². The fraction of sp³-hybridized carbons (Fsp3) is 0.583. The van der Waals surface area contributed by atoms with Gasteiger partial charge in [0, 0.05) is 38.3 Å². The number of carbonyl (C=O) groups excluding carboxylic acids is 1. The van der Waals surface area contributed by atoms with Crippen molar-refractivity contribution in [2.24, 2.45) is 5.92 Å². The highest BCUT2D eigenvalue weighted by Crippen LogP contribution is 2.32. The molecule has 7 heteroatoms. The van der Waals surface area contributed by atoms with Crippen molar-refractivity contribution in [3.8, 4) is 0 Å². The molecule has 1 saturated heterocycles. The maximum atomic E-state index is 13.0. The van der Waals surface area contributed by atoms with Crippen LogP contribution in [0.1, 0.15) is 79.1 Å². The van der Waals surface area contributed by atoms with Crippen LogP contribution in [-0.2, 0) is 13.0 Å². The molecule has 3 aliphatic rings. The minimum absolute atomic E-state index is 0.0361. The molecule has 2 aromatic heterocycles. The predicted molar refractivity (Wildman–Crippen MR) is 118 cm³/mol. The second-order valence-electron chi connectivity index (χ2n) is 9.38. The summed E-state index contributed by atoms with van der Waals surface area (Å²) in [5.41, 5.74) is 2.13. The van der Waals surface area contributed by atoms with Gasteiger partial charge in [0.1, 0.15) is 11.5 Å². The Morgan fingerprint density at radius 1 is 1.13 bits per heavy atom. The van der Waals surface area contributed by atoms with Gasteiger partial charge < -0.3 is 9.88 Å². The Morgan fingerprint density at radius 3 is 2.74 bits per heavy atom. The van der Waals surface area contributed by atoms with Crippen LogP contribution < -0.4 is 5.56 Å². The number of hydrogen-bond acceptors (Lipinski definition) is 5. The molecule has 164 valence electrons. The molecule has 1 N–H and O–H groups in total. The topological polar surface area (TPSA) is 82.2 Å². The quantitative estimate of drug-likeness (QED) is 0.824. The lowest BCUT2D eigenvalue weighted by Gasteiger charge is -2.38. The molecule has 1 aliphatic carbocycles. The van der Waals surface area contributed by atoms with E-state index in [0.717, 1.165) is 43.0 Å². The number of pyridine rings is 1. The van der Waals surface area contributed by atoms with Crippen LogP contribution in [0.15, 0.2) is 29.2 Å². The van der Waals surface area contributed by atoms with E-state index in [0.29, 0.717) is 30.6 Å². The highest BCUT2D eigenvalue weighted by Gasteiger charge is 2.35. The number of aromatic nitrogens is 3. The second kappa shape index (κ2) is 8.54. The van der Waals surface area contributed by atoms with Gasteiger partial charge in [0.15, 0.2) is 0 Å². The Balaban J connectivity index is 1.36. The zero-order valence-corrected chi connectivity index (χ0v) is 18.2. The van der Waals surface area contributed by atoms with E-state index in [9.17, 15) is 9.59 Å². The summed E-state index contributed by atoms with van der Waals surface area (Å²) in [6, 6.07) is 5.76. The minimum atomic E-state index is -0.189. The molecule has 0 spiro atoms. The molecule has 2 aromatic rings. The lowest BCUT2D eigenvalue weighted by atomic mass is 9.86. The summed E-state index contributed by atoms with van der Waals surface area (Å²) in [5.74, 6) is 1.36. The Bertz CT molecular complexity index is 997. The standard InChI is InChI=1S/C24H31N5O2/c1-16-7-9-17(10-8-16)28-14-11-19-18(15-28)23(30)27-22(26-19)21-6-4-13-29(21)24(31)20-5-2-3-12-25-20/h2-3,5,12,16-17,21H,4,6-11,13-15H2,1H3,(H,26,27,30). The van der Waals surface area contributed by atoms with Gasteiger partial charge in [-0.1, -0.05) is 13.0 Å². The number of hydrogen-bond donors (Lipinski definition) is 1. The van der Waals surface area contributed by atoms with Crippen LogP contribution in [-0.4, -0.2) is 49.8 Å². The van der Waals surface area contributed by atoms with Crippen molar-refractivity contribution in [3.05, 3.63) is 57.5 Å². The highest BCUT2D eigenvalue weighted by atomic mass is 16.2. The Labute approximate surface area is 182 Å². The number of amides is 1.